The van der Waals surface area contributed by atoms with E-state index in [-0.39, 0.29) is 11.6 Å². The standard InChI is InChI=1S/C11H25NO/c1-6-7-9(2)8-10(12)11(3,4)13-5/h9-10H,6-8,12H2,1-5H3. The number of ether oxygens (including phenoxy) is 1. The normalized spacial score (nSPS) is 17.1. The van der Waals surface area contributed by atoms with Gasteiger partial charge in [0.05, 0.1) is 5.60 Å². The fourth-order valence-electron chi connectivity index (χ4n) is 1.48. The Hall–Kier alpha value is -0.0800. The summed E-state index contributed by atoms with van der Waals surface area (Å²) in [5, 5.41) is 0. The molecule has 2 atom stereocenters. The van der Waals surface area contributed by atoms with Gasteiger partial charge in [0.1, 0.15) is 0 Å². The van der Waals surface area contributed by atoms with Crippen molar-refractivity contribution in [1.82, 2.24) is 0 Å². The van der Waals surface area contributed by atoms with Gasteiger partial charge < -0.3 is 10.5 Å². The van der Waals surface area contributed by atoms with Gasteiger partial charge in [0.25, 0.3) is 0 Å². The van der Waals surface area contributed by atoms with E-state index in [4.69, 9.17) is 10.5 Å². The minimum Gasteiger partial charge on any atom is -0.377 e. The highest BCUT2D eigenvalue weighted by atomic mass is 16.5. The van der Waals surface area contributed by atoms with E-state index in [1.165, 1.54) is 12.8 Å². The molecule has 2 nitrogen and oxygen atoms in total. The van der Waals surface area contributed by atoms with E-state index in [1.54, 1.807) is 7.11 Å². The SMILES string of the molecule is CCCC(C)CC(N)C(C)(C)OC. The summed E-state index contributed by atoms with van der Waals surface area (Å²) in [6.45, 7) is 8.57. The summed E-state index contributed by atoms with van der Waals surface area (Å²) >= 11 is 0. The van der Waals surface area contributed by atoms with Gasteiger partial charge in [-0.1, -0.05) is 26.7 Å². The van der Waals surface area contributed by atoms with Crippen LogP contribution < -0.4 is 5.73 Å². The van der Waals surface area contributed by atoms with Gasteiger partial charge in [0.2, 0.25) is 0 Å². The Labute approximate surface area is 82.8 Å². The third-order valence-electron chi connectivity index (χ3n) is 2.86. The molecule has 0 aromatic heterocycles. The zero-order valence-corrected chi connectivity index (χ0v) is 9.76. The lowest BCUT2D eigenvalue weighted by atomic mass is 9.89. The number of hydrogen-bond acceptors (Lipinski definition) is 2. The summed E-state index contributed by atoms with van der Waals surface area (Å²) in [5.41, 5.74) is 5.88. The molecule has 80 valence electrons. The molecule has 0 aliphatic heterocycles. The molecule has 0 spiro atoms. The second-order valence-electron chi connectivity index (χ2n) is 4.54. The number of nitrogens with two attached hydrogens (primary N) is 1. The quantitative estimate of drug-likeness (QED) is 0.693. The zero-order chi connectivity index (χ0) is 10.5. The molecule has 13 heavy (non-hydrogen) atoms. The first kappa shape index (κ1) is 12.9. The van der Waals surface area contributed by atoms with Crippen LogP contribution in [0.15, 0.2) is 0 Å². The monoisotopic (exact) mass is 187 g/mol. The zero-order valence-electron chi connectivity index (χ0n) is 9.76. The van der Waals surface area contributed by atoms with Crippen LogP contribution in [0.25, 0.3) is 0 Å². The largest absolute Gasteiger partial charge is 0.377 e. The Morgan fingerprint density at radius 2 is 1.92 bits per heavy atom. The summed E-state index contributed by atoms with van der Waals surface area (Å²) in [5.74, 6) is 0.703. The minimum atomic E-state index is -0.192. The Bertz CT molecular complexity index is 134. The first-order valence-electron chi connectivity index (χ1n) is 5.24. The van der Waals surface area contributed by atoms with Crippen LogP contribution >= 0.6 is 0 Å². The summed E-state index contributed by atoms with van der Waals surface area (Å²) in [7, 11) is 1.73. The first-order valence-corrected chi connectivity index (χ1v) is 5.24. The van der Waals surface area contributed by atoms with Gasteiger partial charge in [-0.15, -0.1) is 0 Å². The summed E-state index contributed by atoms with van der Waals surface area (Å²) in [6.07, 6.45) is 3.55. The molecule has 0 saturated carbocycles. The first-order chi connectivity index (χ1) is 5.94. The average molecular weight is 187 g/mol. The molecular weight excluding hydrogens is 162 g/mol. The van der Waals surface area contributed by atoms with E-state index >= 15 is 0 Å². The van der Waals surface area contributed by atoms with Crippen molar-refractivity contribution in [2.24, 2.45) is 11.7 Å². The lowest BCUT2D eigenvalue weighted by molar-refractivity contribution is -0.00521. The maximum Gasteiger partial charge on any atom is 0.0773 e. The maximum absolute atomic E-state index is 6.07. The van der Waals surface area contributed by atoms with Crippen LogP contribution in [0.4, 0.5) is 0 Å². The molecule has 0 aliphatic rings. The highest BCUT2D eigenvalue weighted by Gasteiger charge is 2.26. The van der Waals surface area contributed by atoms with Crippen molar-refractivity contribution in [3.05, 3.63) is 0 Å². The molecular formula is C11H25NO. The van der Waals surface area contributed by atoms with E-state index in [1.807, 2.05) is 0 Å². The highest BCUT2D eigenvalue weighted by Crippen LogP contribution is 2.20. The predicted molar refractivity (Wildman–Crippen MR) is 57.8 cm³/mol. The minimum absolute atomic E-state index is 0.138. The van der Waals surface area contributed by atoms with Crippen molar-refractivity contribution in [3.8, 4) is 0 Å². The molecule has 0 radical (unpaired) electrons. The molecule has 2 heteroatoms. The molecule has 2 N–H and O–H groups in total. The van der Waals surface area contributed by atoms with Gasteiger partial charge in [-0.3, -0.25) is 0 Å². The number of methoxy groups -OCH3 is 1. The van der Waals surface area contributed by atoms with Gasteiger partial charge in [-0.05, 0) is 26.2 Å². The Morgan fingerprint density at radius 3 is 2.31 bits per heavy atom. The highest BCUT2D eigenvalue weighted by molar-refractivity contribution is 4.83. The van der Waals surface area contributed by atoms with Gasteiger partial charge >= 0.3 is 0 Å². The fourth-order valence-corrected chi connectivity index (χ4v) is 1.48. The molecule has 2 unspecified atom stereocenters. The van der Waals surface area contributed by atoms with Crippen molar-refractivity contribution in [1.29, 1.82) is 0 Å². The van der Waals surface area contributed by atoms with Gasteiger partial charge in [0.15, 0.2) is 0 Å². The van der Waals surface area contributed by atoms with E-state index in [2.05, 4.69) is 27.7 Å². The molecule has 0 rings (SSSR count). The molecule has 0 aromatic rings. The van der Waals surface area contributed by atoms with Crippen LogP contribution in [-0.4, -0.2) is 18.8 Å². The number of hydrogen-bond donors (Lipinski definition) is 1. The molecule has 0 saturated heterocycles. The van der Waals surface area contributed by atoms with Gasteiger partial charge in [0, 0.05) is 13.2 Å². The van der Waals surface area contributed by atoms with Crippen molar-refractivity contribution in [2.45, 2.75) is 58.6 Å². The van der Waals surface area contributed by atoms with Crippen molar-refractivity contribution in [2.75, 3.05) is 7.11 Å². The van der Waals surface area contributed by atoms with Gasteiger partial charge in [-0.25, -0.2) is 0 Å². The Morgan fingerprint density at radius 1 is 1.38 bits per heavy atom. The van der Waals surface area contributed by atoms with Crippen LogP contribution in [0.3, 0.4) is 0 Å². The van der Waals surface area contributed by atoms with Crippen LogP contribution in [0.1, 0.15) is 47.0 Å². The van der Waals surface area contributed by atoms with Crippen LogP contribution in [0.2, 0.25) is 0 Å². The van der Waals surface area contributed by atoms with E-state index < -0.39 is 0 Å². The van der Waals surface area contributed by atoms with Crippen molar-refractivity contribution in [3.63, 3.8) is 0 Å². The number of rotatable bonds is 6. The molecule has 0 heterocycles. The molecule has 0 aromatic carbocycles. The van der Waals surface area contributed by atoms with E-state index in [0.29, 0.717) is 5.92 Å². The Balaban J connectivity index is 3.91. The second-order valence-corrected chi connectivity index (χ2v) is 4.54. The summed E-state index contributed by atoms with van der Waals surface area (Å²) in [6, 6.07) is 0.138. The van der Waals surface area contributed by atoms with Crippen LogP contribution in [0, 0.1) is 5.92 Å². The van der Waals surface area contributed by atoms with E-state index in [0.717, 1.165) is 6.42 Å². The van der Waals surface area contributed by atoms with Crippen LogP contribution in [-0.2, 0) is 4.74 Å². The maximum atomic E-state index is 6.07. The lowest BCUT2D eigenvalue weighted by Crippen LogP contribution is -2.45. The van der Waals surface area contributed by atoms with Crippen LogP contribution in [0.5, 0.6) is 0 Å². The van der Waals surface area contributed by atoms with Gasteiger partial charge in [-0.2, -0.15) is 0 Å². The molecule has 0 fully saturated rings. The summed E-state index contributed by atoms with van der Waals surface area (Å²) in [4.78, 5) is 0. The lowest BCUT2D eigenvalue weighted by Gasteiger charge is -2.31. The average Bonchev–Trinajstić information content (AvgIpc) is 2.04. The molecule has 0 bridgehead atoms. The summed E-state index contributed by atoms with van der Waals surface area (Å²) < 4.78 is 5.35. The van der Waals surface area contributed by atoms with Crippen molar-refractivity contribution < 1.29 is 4.74 Å². The smallest absolute Gasteiger partial charge is 0.0773 e. The second kappa shape index (κ2) is 5.61. The predicted octanol–water partition coefficient (Wildman–Crippen LogP) is 2.57. The third-order valence-corrected chi connectivity index (χ3v) is 2.86. The van der Waals surface area contributed by atoms with E-state index in [9.17, 15) is 0 Å². The topological polar surface area (TPSA) is 35.2 Å². The molecule has 0 aliphatic carbocycles. The fraction of sp³-hybridized carbons (Fsp3) is 1.00. The molecule has 0 amide bonds. The third kappa shape index (κ3) is 4.63. The van der Waals surface area contributed by atoms with Crippen molar-refractivity contribution >= 4 is 0 Å². The Kier molecular flexibility index (Phi) is 5.57.